The Bertz CT molecular complexity index is 693. The van der Waals surface area contributed by atoms with Gasteiger partial charge < -0.3 is 15.5 Å². The lowest BCUT2D eigenvalue weighted by Crippen LogP contribution is -2.47. The van der Waals surface area contributed by atoms with Crippen molar-refractivity contribution < 1.29 is 14.4 Å². The molecule has 28 heavy (non-hydrogen) atoms. The molecule has 6 nitrogen and oxygen atoms in total. The zero-order valence-corrected chi connectivity index (χ0v) is 16.7. The largest absolute Gasteiger partial charge is 0.353 e. The third-order valence-electron chi connectivity index (χ3n) is 5.73. The van der Waals surface area contributed by atoms with E-state index in [9.17, 15) is 14.4 Å². The number of likely N-dealkylation sites (tertiary alicyclic amines) is 1. The van der Waals surface area contributed by atoms with Crippen molar-refractivity contribution >= 4 is 23.4 Å². The number of rotatable bonds is 4. The van der Waals surface area contributed by atoms with Crippen molar-refractivity contribution in [2.24, 2.45) is 5.92 Å². The molecule has 2 fully saturated rings. The highest BCUT2D eigenvalue weighted by Gasteiger charge is 2.30. The summed E-state index contributed by atoms with van der Waals surface area (Å²) in [6.45, 7) is 2.61. The van der Waals surface area contributed by atoms with Gasteiger partial charge in [0.05, 0.1) is 5.92 Å². The van der Waals surface area contributed by atoms with Crippen LogP contribution in [-0.2, 0) is 9.59 Å². The van der Waals surface area contributed by atoms with E-state index in [0.717, 1.165) is 25.7 Å². The summed E-state index contributed by atoms with van der Waals surface area (Å²) in [5.74, 6) is -0.219. The Morgan fingerprint density at radius 2 is 1.61 bits per heavy atom. The molecule has 0 spiro atoms. The summed E-state index contributed by atoms with van der Waals surface area (Å²) in [5.41, 5.74) is 1.25. The molecular weight excluding hydrogens is 354 g/mol. The first-order valence-corrected chi connectivity index (χ1v) is 10.5. The third-order valence-corrected chi connectivity index (χ3v) is 5.73. The van der Waals surface area contributed by atoms with E-state index in [0.29, 0.717) is 30.4 Å². The minimum Gasteiger partial charge on any atom is -0.353 e. The van der Waals surface area contributed by atoms with Crippen molar-refractivity contribution in [2.75, 3.05) is 18.4 Å². The Morgan fingerprint density at radius 3 is 2.25 bits per heavy atom. The fraction of sp³-hybridized carbons (Fsp3) is 0.591. The molecule has 1 saturated heterocycles. The number of anilines is 1. The van der Waals surface area contributed by atoms with Gasteiger partial charge in [0.1, 0.15) is 0 Å². The van der Waals surface area contributed by atoms with Crippen LogP contribution in [0.3, 0.4) is 0 Å². The molecule has 3 rings (SSSR count). The molecule has 1 aromatic rings. The highest BCUT2D eigenvalue weighted by atomic mass is 16.2. The molecule has 1 aliphatic carbocycles. The van der Waals surface area contributed by atoms with Gasteiger partial charge in [0.2, 0.25) is 11.8 Å². The molecule has 1 heterocycles. The second-order valence-corrected chi connectivity index (χ2v) is 8.05. The Labute approximate surface area is 167 Å². The number of carbonyl (C=O) groups is 3. The van der Waals surface area contributed by atoms with Crippen molar-refractivity contribution in [3.05, 3.63) is 29.8 Å². The number of hydrogen-bond acceptors (Lipinski definition) is 3. The summed E-state index contributed by atoms with van der Waals surface area (Å²) in [7, 11) is 0. The lowest BCUT2D eigenvalue weighted by atomic mass is 9.95. The molecule has 1 aromatic carbocycles. The highest BCUT2D eigenvalue weighted by Crippen LogP contribution is 2.22. The molecule has 2 N–H and O–H groups in total. The summed E-state index contributed by atoms with van der Waals surface area (Å²) in [4.78, 5) is 38.5. The molecule has 0 radical (unpaired) electrons. The molecule has 3 amide bonds. The van der Waals surface area contributed by atoms with Gasteiger partial charge in [0.15, 0.2) is 0 Å². The van der Waals surface area contributed by atoms with Crippen LogP contribution < -0.4 is 10.6 Å². The summed E-state index contributed by atoms with van der Waals surface area (Å²) in [5, 5.41) is 5.94. The van der Waals surface area contributed by atoms with Gasteiger partial charge in [-0.15, -0.1) is 0 Å². The van der Waals surface area contributed by atoms with Crippen LogP contribution in [0.4, 0.5) is 5.69 Å². The fourth-order valence-electron chi connectivity index (χ4n) is 4.20. The maximum absolute atomic E-state index is 12.8. The lowest BCUT2D eigenvalue weighted by molar-refractivity contribution is -0.127. The summed E-state index contributed by atoms with van der Waals surface area (Å²) >= 11 is 0. The maximum atomic E-state index is 12.8. The quantitative estimate of drug-likeness (QED) is 0.780. The number of carbonyl (C=O) groups excluding carboxylic acids is 3. The second kappa shape index (κ2) is 9.71. The fourth-order valence-corrected chi connectivity index (χ4v) is 4.20. The third kappa shape index (κ3) is 5.57. The van der Waals surface area contributed by atoms with Crippen molar-refractivity contribution in [3.63, 3.8) is 0 Å². The van der Waals surface area contributed by atoms with Crippen LogP contribution in [-0.4, -0.2) is 41.8 Å². The number of nitrogens with one attached hydrogen (secondary N) is 2. The van der Waals surface area contributed by atoms with Crippen molar-refractivity contribution in [1.82, 2.24) is 10.2 Å². The minimum atomic E-state index is -0.141. The molecule has 0 bridgehead atoms. The van der Waals surface area contributed by atoms with Gasteiger partial charge >= 0.3 is 0 Å². The standard InChI is InChI=1S/C22H31N3O3/c1-16(26)23-20-12-10-17(11-13-20)22(28)25-14-6-7-18(15-25)21(27)24-19-8-4-2-3-5-9-19/h10-13,18-19H,2-9,14-15H2,1H3,(H,23,26)(H,24,27)/t18-/m1/s1. The predicted molar refractivity (Wildman–Crippen MR) is 109 cm³/mol. The SMILES string of the molecule is CC(=O)Nc1ccc(C(=O)N2CCC[C@@H](C(=O)NC3CCCCCC3)C2)cc1. The topological polar surface area (TPSA) is 78.5 Å². The predicted octanol–water partition coefficient (Wildman–Crippen LogP) is 3.34. The van der Waals surface area contributed by atoms with Crippen LogP contribution in [0, 0.1) is 5.92 Å². The van der Waals surface area contributed by atoms with Gasteiger partial charge in [-0.25, -0.2) is 0 Å². The van der Waals surface area contributed by atoms with Gasteiger partial charge in [0.25, 0.3) is 5.91 Å². The first-order valence-electron chi connectivity index (χ1n) is 10.5. The van der Waals surface area contributed by atoms with E-state index < -0.39 is 0 Å². The van der Waals surface area contributed by atoms with Crippen molar-refractivity contribution in [2.45, 2.75) is 64.3 Å². The summed E-state index contributed by atoms with van der Waals surface area (Å²) in [6.07, 6.45) is 8.73. The Morgan fingerprint density at radius 1 is 0.929 bits per heavy atom. The average Bonchev–Trinajstić information content (AvgIpc) is 2.96. The molecule has 1 atom stereocenters. The summed E-state index contributed by atoms with van der Waals surface area (Å²) < 4.78 is 0. The van der Waals surface area contributed by atoms with Gasteiger partial charge in [-0.2, -0.15) is 0 Å². The maximum Gasteiger partial charge on any atom is 0.253 e. The van der Waals surface area contributed by atoms with Crippen LogP contribution in [0.5, 0.6) is 0 Å². The Kier molecular flexibility index (Phi) is 7.06. The van der Waals surface area contributed by atoms with E-state index in [1.54, 1.807) is 29.2 Å². The average molecular weight is 386 g/mol. The molecule has 152 valence electrons. The van der Waals surface area contributed by atoms with Gasteiger partial charge in [-0.3, -0.25) is 14.4 Å². The molecule has 0 unspecified atom stereocenters. The molecule has 2 aliphatic rings. The number of amides is 3. The van der Waals surface area contributed by atoms with Crippen LogP contribution in [0.25, 0.3) is 0 Å². The lowest BCUT2D eigenvalue weighted by Gasteiger charge is -2.33. The first-order chi connectivity index (χ1) is 13.5. The van der Waals surface area contributed by atoms with E-state index in [1.807, 2.05) is 0 Å². The molecule has 1 aliphatic heterocycles. The van der Waals surface area contributed by atoms with Gasteiger partial charge in [-0.05, 0) is 49.9 Å². The second-order valence-electron chi connectivity index (χ2n) is 8.05. The monoisotopic (exact) mass is 385 g/mol. The Balaban J connectivity index is 1.56. The van der Waals surface area contributed by atoms with Crippen LogP contribution >= 0.6 is 0 Å². The van der Waals surface area contributed by atoms with Gasteiger partial charge in [0, 0.05) is 37.3 Å². The van der Waals surface area contributed by atoms with Crippen LogP contribution in [0.2, 0.25) is 0 Å². The zero-order chi connectivity index (χ0) is 19.9. The van der Waals surface area contributed by atoms with Crippen LogP contribution in [0.15, 0.2) is 24.3 Å². The molecular formula is C22H31N3O3. The number of piperidine rings is 1. The normalized spacial score (nSPS) is 20.9. The van der Waals surface area contributed by atoms with E-state index in [-0.39, 0.29) is 23.6 Å². The molecule has 6 heteroatoms. The van der Waals surface area contributed by atoms with E-state index in [2.05, 4.69) is 10.6 Å². The van der Waals surface area contributed by atoms with E-state index in [4.69, 9.17) is 0 Å². The first kappa shape index (κ1) is 20.4. The van der Waals surface area contributed by atoms with Crippen molar-refractivity contribution in [1.29, 1.82) is 0 Å². The van der Waals surface area contributed by atoms with Gasteiger partial charge in [-0.1, -0.05) is 25.7 Å². The number of hydrogen-bond donors (Lipinski definition) is 2. The van der Waals surface area contributed by atoms with E-state index in [1.165, 1.54) is 32.6 Å². The van der Waals surface area contributed by atoms with Crippen molar-refractivity contribution in [3.8, 4) is 0 Å². The van der Waals surface area contributed by atoms with E-state index >= 15 is 0 Å². The highest BCUT2D eigenvalue weighted by molar-refractivity contribution is 5.96. The summed E-state index contributed by atoms with van der Waals surface area (Å²) in [6, 6.07) is 7.21. The molecule has 0 aromatic heterocycles. The smallest absolute Gasteiger partial charge is 0.253 e. The Hall–Kier alpha value is -2.37. The van der Waals surface area contributed by atoms with Crippen LogP contribution in [0.1, 0.15) is 68.6 Å². The molecule has 1 saturated carbocycles. The minimum absolute atomic E-state index is 0.0543. The number of nitrogens with zero attached hydrogens (tertiary/aromatic N) is 1. The number of benzene rings is 1. The zero-order valence-electron chi connectivity index (χ0n) is 16.7.